The third-order valence-electron chi connectivity index (χ3n) is 1.68. The van der Waals surface area contributed by atoms with Crippen molar-refractivity contribution in [1.29, 1.82) is 0 Å². The smallest absolute Gasteiger partial charge is 0.504 e. The van der Waals surface area contributed by atoms with E-state index in [-0.39, 0.29) is 7.69 Å². The van der Waals surface area contributed by atoms with Gasteiger partial charge in [0, 0.05) is 11.8 Å². The summed E-state index contributed by atoms with van der Waals surface area (Å²) in [6, 6.07) is 1.81. The van der Waals surface area contributed by atoms with E-state index in [0.29, 0.717) is 12.3 Å². The van der Waals surface area contributed by atoms with Gasteiger partial charge in [0.05, 0.1) is 18.4 Å². The summed E-state index contributed by atoms with van der Waals surface area (Å²) in [5, 5.41) is 8.48. The third-order valence-corrected chi connectivity index (χ3v) is 1.68. The fourth-order valence-corrected chi connectivity index (χ4v) is 1.12. The number of rotatable bonds is 2. The number of aromatic nitrogens is 1. The predicted octanol–water partition coefficient (Wildman–Crippen LogP) is -0.348. The Bertz CT molecular complexity index is 327. The molecule has 1 aromatic rings. The number of hydrogen-bond donors (Lipinski definition) is 1. The molecule has 1 aromatic heterocycles. The molecule has 0 amide bonds. The molecule has 0 bridgehead atoms. The highest BCUT2D eigenvalue weighted by molar-refractivity contribution is 6.17. The van der Waals surface area contributed by atoms with E-state index in [2.05, 4.69) is 9.98 Å². The molecule has 2 heterocycles. The van der Waals surface area contributed by atoms with E-state index in [1.54, 1.807) is 12.4 Å². The fourth-order valence-electron chi connectivity index (χ4n) is 1.12. The van der Waals surface area contributed by atoms with Crippen molar-refractivity contribution in [3.63, 3.8) is 0 Å². The lowest BCUT2D eigenvalue weighted by atomic mass is 10.2. The number of nitrogens with zero attached hydrogens (tertiary/aromatic N) is 2. The van der Waals surface area contributed by atoms with Crippen LogP contribution in [0.4, 0.5) is 0 Å². The lowest BCUT2D eigenvalue weighted by Gasteiger charge is -2.02. The summed E-state index contributed by atoms with van der Waals surface area (Å²) < 4.78 is 4.86. The van der Waals surface area contributed by atoms with Crippen molar-refractivity contribution in [2.24, 2.45) is 4.99 Å². The van der Waals surface area contributed by atoms with Crippen LogP contribution in [0.1, 0.15) is 11.3 Å². The van der Waals surface area contributed by atoms with Crippen LogP contribution in [0.3, 0.4) is 0 Å². The molecular formula is C7H7BN2O2. The Labute approximate surface area is 70.2 Å². The SMILES string of the molecule is OBOc1cnc2c(c1)C=NC2. The lowest BCUT2D eigenvalue weighted by molar-refractivity contribution is 0.452. The van der Waals surface area contributed by atoms with Gasteiger partial charge in [-0.2, -0.15) is 0 Å². The van der Waals surface area contributed by atoms with Gasteiger partial charge in [-0.05, 0) is 6.07 Å². The van der Waals surface area contributed by atoms with Gasteiger partial charge in [-0.1, -0.05) is 0 Å². The highest BCUT2D eigenvalue weighted by Crippen LogP contribution is 2.17. The number of pyridine rings is 1. The normalized spacial score (nSPS) is 12.8. The largest absolute Gasteiger partial charge is 0.538 e. The summed E-state index contributed by atoms with van der Waals surface area (Å²) in [5.41, 5.74) is 1.93. The molecule has 1 aliphatic heterocycles. The van der Waals surface area contributed by atoms with Gasteiger partial charge in [0.2, 0.25) is 0 Å². The quantitative estimate of drug-likeness (QED) is 0.604. The zero-order valence-electron chi connectivity index (χ0n) is 6.40. The van der Waals surface area contributed by atoms with Gasteiger partial charge in [0.15, 0.2) is 0 Å². The van der Waals surface area contributed by atoms with Gasteiger partial charge >= 0.3 is 7.69 Å². The van der Waals surface area contributed by atoms with Crippen molar-refractivity contribution >= 4 is 13.9 Å². The molecule has 0 aliphatic carbocycles. The lowest BCUT2D eigenvalue weighted by Crippen LogP contribution is -2.01. The van der Waals surface area contributed by atoms with Crippen molar-refractivity contribution in [3.8, 4) is 5.75 Å². The maximum absolute atomic E-state index is 8.48. The Hall–Kier alpha value is -1.36. The summed E-state index contributed by atoms with van der Waals surface area (Å²) in [4.78, 5) is 8.16. The number of aliphatic imine (C=N–C) groups is 1. The minimum Gasteiger partial charge on any atom is -0.538 e. The van der Waals surface area contributed by atoms with E-state index < -0.39 is 0 Å². The van der Waals surface area contributed by atoms with Gasteiger partial charge in [0.1, 0.15) is 5.75 Å². The number of hydrogen-bond acceptors (Lipinski definition) is 4. The Morgan fingerprint density at radius 2 is 2.50 bits per heavy atom. The van der Waals surface area contributed by atoms with Crippen molar-refractivity contribution in [2.75, 3.05) is 0 Å². The van der Waals surface area contributed by atoms with Crippen molar-refractivity contribution in [3.05, 3.63) is 23.5 Å². The second kappa shape index (κ2) is 2.94. The van der Waals surface area contributed by atoms with E-state index in [1.807, 2.05) is 6.07 Å². The van der Waals surface area contributed by atoms with Gasteiger partial charge in [-0.3, -0.25) is 9.98 Å². The molecule has 12 heavy (non-hydrogen) atoms. The fraction of sp³-hybridized carbons (Fsp3) is 0.143. The molecule has 0 atom stereocenters. The minimum atomic E-state index is -0.322. The Morgan fingerprint density at radius 3 is 3.33 bits per heavy atom. The van der Waals surface area contributed by atoms with Gasteiger partial charge in [-0.15, -0.1) is 0 Å². The van der Waals surface area contributed by atoms with Crippen LogP contribution in [0.15, 0.2) is 17.3 Å². The van der Waals surface area contributed by atoms with Crippen LogP contribution in [0.25, 0.3) is 0 Å². The molecule has 0 aromatic carbocycles. The standard InChI is InChI=1S/C7H7BN2O2/c11-8-12-6-1-5-2-9-4-7(5)10-3-6/h1-3,8,11H,4H2. The Balaban J connectivity index is 2.31. The highest BCUT2D eigenvalue weighted by atomic mass is 16.5. The van der Waals surface area contributed by atoms with Gasteiger partial charge in [0.25, 0.3) is 0 Å². The molecule has 1 N–H and O–H groups in total. The minimum absolute atomic E-state index is 0.322. The maximum atomic E-state index is 8.48. The van der Waals surface area contributed by atoms with E-state index in [1.165, 1.54) is 0 Å². The van der Waals surface area contributed by atoms with Crippen LogP contribution in [0.2, 0.25) is 0 Å². The molecule has 0 spiro atoms. The van der Waals surface area contributed by atoms with Crippen LogP contribution in [0.5, 0.6) is 5.75 Å². The number of fused-ring (bicyclic) bond motifs is 1. The second-order valence-electron chi connectivity index (χ2n) is 2.45. The van der Waals surface area contributed by atoms with Crippen molar-refractivity contribution < 1.29 is 9.68 Å². The van der Waals surface area contributed by atoms with E-state index in [0.717, 1.165) is 11.3 Å². The maximum Gasteiger partial charge on any atom is 0.504 e. The molecule has 0 saturated carbocycles. The second-order valence-corrected chi connectivity index (χ2v) is 2.45. The first-order valence-corrected chi connectivity index (χ1v) is 3.62. The first kappa shape index (κ1) is 7.30. The molecular weight excluding hydrogens is 155 g/mol. The summed E-state index contributed by atoms with van der Waals surface area (Å²) >= 11 is 0. The summed E-state index contributed by atoms with van der Waals surface area (Å²) in [6.45, 7) is 0.648. The van der Waals surface area contributed by atoms with Gasteiger partial charge in [-0.25, -0.2) is 0 Å². The predicted molar refractivity (Wildman–Crippen MR) is 45.5 cm³/mol. The molecule has 4 nitrogen and oxygen atoms in total. The average Bonchev–Trinajstić information content (AvgIpc) is 2.51. The first-order chi connectivity index (χ1) is 5.90. The molecule has 5 heteroatoms. The zero-order chi connectivity index (χ0) is 8.39. The first-order valence-electron chi connectivity index (χ1n) is 3.62. The molecule has 0 unspecified atom stereocenters. The van der Waals surface area contributed by atoms with Crippen molar-refractivity contribution in [2.45, 2.75) is 6.54 Å². The molecule has 2 rings (SSSR count). The van der Waals surface area contributed by atoms with Crippen molar-refractivity contribution in [1.82, 2.24) is 4.98 Å². The van der Waals surface area contributed by atoms with Crippen LogP contribution >= 0.6 is 0 Å². The van der Waals surface area contributed by atoms with E-state index in [9.17, 15) is 0 Å². The summed E-state index contributed by atoms with van der Waals surface area (Å²) in [7, 11) is -0.322. The third kappa shape index (κ3) is 1.19. The Morgan fingerprint density at radius 1 is 1.58 bits per heavy atom. The van der Waals surface area contributed by atoms with Gasteiger partial charge < -0.3 is 9.68 Å². The van der Waals surface area contributed by atoms with Crippen LogP contribution in [0, 0.1) is 0 Å². The van der Waals surface area contributed by atoms with Crippen LogP contribution in [-0.4, -0.2) is 23.9 Å². The topological polar surface area (TPSA) is 54.7 Å². The average molecular weight is 162 g/mol. The Kier molecular flexibility index (Phi) is 1.79. The molecule has 1 aliphatic rings. The molecule has 0 saturated heterocycles. The van der Waals surface area contributed by atoms with Crippen LogP contribution in [-0.2, 0) is 6.54 Å². The van der Waals surface area contributed by atoms with E-state index >= 15 is 0 Å². The van der Waals surface area contributed by atoms with E-state index in [4.69, 9.17) is 9.68 Å². The zero-order valence-corrected chi connectivity index (χ0v) is 6.40. The van der Waals surface area contributed by atoms with Crippen LogP contribution < -0.4 is 4.65 Å². The highest BCUT2D eigenvalue weighted by Gasteiger charge is 2.08. The monoisotopic (exact) mass is 162 g/mol. The summed E-state index contributed by atoms with van der Waals surface area (Å²) in [6.07, 6.45) is 3.34. The molecule has 0 fully saturated rings. The molecule has 0 radical (unpaired) electrons. The molecule has 60 valence electrons. The summed E-state index contributed by atoms with van der Waals surface area (Å²) in [5.74, 6) is 0.574.